The van der Waals surface area contributed by atoms with Crippen molar-refractivity contribution in [3.8, 4) is 11.3 Å². The largest absolute Gasteiger partial charge is 0.384 e. The van der Waals surface area contributed by atoms with Gasteiger partial charge in [0.25, 0.3) is 6.43 Å². The Hall–Kier alpha value is -1.98. The van der Waals surface area contributed by atoms with Gasteiger partial charge in [-0.2, -0.15) is 5.10 Å². The number of hydrogen-bond donors (Lipinski definition) is 2. The Labute approximate surface area is 196 Å². The highest BCUT2D eigenvalue weighted by Crippen LogP contribution is 2.39. The number of nitrogens with two attached hydrogens (primary N) is 1. The summed E-state index contributed by atoms with van der Waals surface area (Å²) in [5.74, 6) is -0.0759. The number of pyridine rings is 1. The van der Waals surface area contributed by atoms with Gasteiger partial charge in [-0.1, -0.05) is 6.07 Å². The van der Waals surface area contributed by atoms with Crippen LogP contribution in [0.4, 0.5) is 26.0 Å². The zero-order chi connectivity index (χ0) is 22.3. The molecule has 0 fully saturated rings. The molecule has 1 atom stereocenters. The molecular weight excluding hydrogens is 554 g/mol. The third kappa shape index (κ3) is 4.22. The first-order chi connectivity index (χ1) is 14.8. The number of benzene rings is 1. The third-order valence-corrected chi connectivity index (χ3v) is 7.53. The Balaban J connectivity index is 1.79. The van der Waals surface area contributed by atoms with Crippen LogP contribution in [0.25, 0.3) is 22.4 Å². The molecule has 12 heteroatoms. The highest BCUT2D eigenvalue weighted by molar-refractivity contribution is 14.2. The van der Waals surface area contributed by atoms with Crippen molar-refractivity contribution in [2.24, 2.45) is 7.05 Å². The van der Waals surface area contributed by atoms with Crippen molar-refractivity contribution in [3.05, 3.63) is 41.9 Å². The van der Waals surface area contributed by atoms with Gasteiger partial charge in [-0.05, 0) is 52.9 Å². The predicted octanol–water partition coefficient (Wildman–Crippen LogP) is 5.92. The minimum absolute atomic E-state index is 0.0264. The van der Waals surface area contributed by atoms with E-state index in [-0.39, 0.29) is 18.0 Å². The van der Waals surface area contributed by atoms with E-state index in [1.165, 1.54) is 4.34 Å². The van der Waals surface area contributed by atoms with Gasteiger partial charge in [0, 0.05) is 29.8 Å². The van der Waals surface area contributed by atoms with Crippen LogP contribution >= 0.6 is 40.2 Å². The molecule has 4 aromatic rings. The van der Waals surface area contributed by atoms with Gasteiger partial charge in [0.15, 0.2) is 11.5 Å². The van der Waals surface area contributed by atoms with Crippen LogP contribution < -0.4 is 11.1 Å². The van der Waals surface area contributed by atoms with E-state index in [9.17, 15) is 8.78 Å². The number of anilines is 3. The summed E-state index contributed by atoms with van der Waals surface area (Å²) in [5.41, 5.74) is 11.1. The molecule has 1 unspecified atom stereocenters. The fourth-order valence-corrected chi connectivity index (χ4v) is 5.87. The summed E-state index contributed by atoms with van der Waals surface area (Å²) in [5, 5.41) is 7.86. The second-order valence-electron chi connectivity index (χ2n) is 6.83. The van der Waals surface area contributed by atoms with Gasteiger partial charge in [-0.25, -0.2) is 18.7 Å². The third-order valence-electron chi connectivity index (χ3n) is 4.70. The van der Waals surface area contributed by atoms with Crippen LogP contribution in [-0.4, -0.2) is 30.3 Å². The van der Waals surface area contributed by atoms with Gasteiger partial charge in [0.05, 0.1) is 23.4 Å². The quantitative estimate of drug-likeness (QED) is 0.169. The molecule has 3 aromatic heterocycles. The Morgan fingerprint density at radius 2 is 2.00 bits per heavy atom. The first-order valence-corrected chi connectivity index (χ1v) is 14.4. The van der Waals surface area contributed by atoms with E-state index in [1.54, 1.807) is 22.5 Å². The van der Waals surface area contributed by atoms with Crippen molar-refractivity contribution >= 4 is 68.5 Å². The molecule has 3 heterocycles. The average molecular weight is 573 g/mol. The van der Waals surface area contributed by atoms with Crippen LogP contribution in [0.15, 0.2) is 35.4 Å². The summed E-state index contributed by atoms with van der Waals surface area (Å²) in [6.45, 7) is 2.02. The maximum atomic E-state index is 13.5. The van der Waals surface area contributed by atoms with Crippen LogP contribution in [0.2, 0.25) is 0 Å². The number of aryl methyl sites for hydroxylation is 2. The molecule has 0 radical (unpaired) electrons. The molecule has 0 bridgehead atoms. The normalized spacial score (nSPS) is 12.0. The lowest BCUT2D eigenvalue weighted by Crippen LogP contribution is -1.99. The number of rotatable bonds is 6. The summed E-state index contributed by atoms with van der Waals surface area (Å²) in [6.07, 6.45) is 1.28. The SMILES string of the molecule is CSc1cc(-c2nn(C)cc2C)ccc1Nc1cc(N)nc2c1nc(C(F)F)n2PI. The molecule has 31 heavy (non-hydrogen) atoms. The van der Waals surface area contributed by atoms with E-state index < -0.39 is 6.43 Å². The predicted molar refractivity (Wildman–Crippen MR) is 133 cm³/mol. The molecule has 0 spiro atoms. The summed E-state index contributed by atoms with van der Waals surface area (Å²) >= 11 is 3.61. The monoisotopic (exact) mass is 573 g/mol. The number of hydrogen-bond acceptors (Lipinski definition) is 6. The summed E-state index contributed by atoms with van der Waals surface area (Å²) in [4.78, 5) is 9.40. The van der Waals surface area contributed by atoms with Gasteiger partial charge in [0.1, 0.15) is 11.3 Å². The highest BCUT2D eigenvalue weighted by atomic mass is 127. The molecule has 4 rings (SSSR count). The first kappa shape index (κ1) is 22.2. The van der Waals surface area contributed by atoms with E-state index in [1.807, 2.05) is 60.6 Å². The molecule has 7 nitrogen and oxygen atoms in total. The lowest BCUT2D eigenvalue weighted by atomic mass is 10.1. The summed E-state index contributed by atoms with van der Waals surface area (Å²) in [6, 6.07) is 7.60. The Bertz CT molecular complexity index is 1270. The van der Waals surface area contributed by atoms with Crippen LogP contribution in [-0.2, 0) is 7.05 Å². The van der Waals surface area contributed by atoms with Crippen LogP contribution in [0.1, 0.15) is 17.8 Å². The number of nitrogens with one attached hydrogen (secondary N) is 1. The number of nitrogens with zero attached hydrogens (tertiary/aromatic N) is 5. The van der Waals surface area contributed by atoms with Crippen molar-refractivity contribution < 1.29 is 8.78 Å². The smallest absolute Gasteiger partial charge is 0.295 e. The second-order valence-corrected chi connectivity index (χ2v) is 9.74. The number of alkyl halides is 2. The molecule has 1 aromatic carbocycles. The van der Waals surface area contributed by atoms with Gasteiger partial charge < -0.3 is 11.1 Å². The molecule has 0 aliphatic carbocycles. The molecule has 0 saturated heterocycles. The van der Waals surface area contributed by atoms with Crippen LogP contribution in [0.3, 0.4) is 0 Å². The van der Waals surface area contributed by atoms with E-state index in [4.69, 9.17) is 5.73 Å². The van der Waals surface area contributed by atoms with Crippen molar-refractivity contribution in [1.29, 1.82) is 0 Å². The Kier molecular flexibility index (Phi) is 6.36. The topological polar surface area (TPSA) is 86.6 Å². The average Bonchev–Trinajstić information content (AvgIpc) is 3.27. The molecule has 3 N–H and O–H groups in total. The molecule has 0 amide bonds. The zero-order valence-corrected chi connectivity index (χ0v) is 20.8. The van der Waals surface area contributed by atoms with E-state index in [2.05, 4.69) is 26.4 Å². The zero-order valence-electron chi connectivity index (χ0n) is 16.8. The molecule has 0 saturated carbocycles. The molecule has 0 aliphatic heterocycles. The first-order valence-electron chi connectivity index (χ1n) is 9.11. The maximum Gasteiger partial charge on any atom is 0.295 e. The van der Waals surface area contributed by atoms with Crippen molar-refractivity contribution in [1.82, 2.24) is 24.1 Å². The van der Waals surface area contributed by atoms with Gasteiger partial charge >= 0.3 is 0 Å². The number of aromatic nitrogens is 5. The number of fused-ring (bicyclic) bond motifs is 1. The van der Waals surface area contributed by atoms with Crippen molar-refractivity contribution in [3.63, 3.8) is 0 Å². The van der Waals surface area contributed by atoms with Gasteiger partial charge in [-0.15, -0.1) is 11.8 Å². The highest BCUT2D eigenvalue weighted by Gasteiger charge is 2.22. The lowest BCUT2D eigenvalue weighted by Gasteiger charge is -2.13. The summed E-state index contributed by atoms with van der Waals surface area (Å²) < 4.78 is 30.2. The second kappa shape index (κ2) is 8.87. The number of thioether (sulfide) groups is 1. The van der Waals surface area contributed by atoms with Crippen molar-refractivity contribution in [2.45, 2.75) is 18.2 Å². The van der Waals surface area contributed by atoms with Crippen molar-refractivity contribution in [2.75, 3.05) is 17.3 Å². The molecule has 162 valence electrons. The minimum atomic E-state index is -2.70. The molecular formula is C19H19F2IN7PS. The molecule has 0 aliphatic rings. The summed E-state index contributed by atoms with van der Waals surface area (Å²) in [7, 11) is 1.89. The fraction of sp³-hybridized carbons (Fsp3) is 0.211. The van der Waals surface area contributed by atoms with Gasteiger partial charge in [0.2, 0.25) is 0 Å². The van der Waals surface area contributed by atoms with E-state index in [0.29, 0.717) is 16.9 Å². The number of imidazole rings is 1. The van der Waals surface area contributed by atoms with Gasteiger partial charge in [-0.3, -0.25) is 9.02 Å². The van der Waals surface area contributed by atoms with E-state index in [0.717, 1.165) is 27.4 Å². The number of nitrogen functional groups attached to an aromatic ring is 1. The lowest BCUT2D eigenvalue weighted by molar-refractivity contribution is 0.140. The maximum absolute atomic E-state index is 13.5. The van der Waals surface area contributed by atoms with E-state index >= 15 is 0 Å². The fourth-order valence-electron chi connectivity index (χ4n) is 3.39. The standard InChI is InChI=1S/C19H19F2IN7PS/c1-9-8-28(2)27-15(9)10-4-5-11(13(6-10)31-3)24-12-7-14(23)25-18-16(12)26-19(17(20)21)29(18)30-22/h4-8,17,30H,1-3H3,(H3,23,24,25). The Morgan fingerprint density at radius 3 is 2.61 bits per heavy atom. The Morgan fingerprint density at radius 1 is 1.23 bits per heavy atom. The number of halogens is 3. The van der Waals surface area contributed by atoms with Crippen LogP contribution in [0.5, 0.6) is 0 Å². The minimum Gasteiger partial charge on any atom is -0.384 e. The van der Waals surface area contributed by atoms with Crippen LogP contribution in [0, 0.1) is 6.92 Å².